The molecule has 184 valence electrons. The van der Waals surface area contributed by atoms with Gasteiger partial charge >= 0.3 is 0 Å². The fourth-order valence-corrected chi connectivity index (χ4v) is 4.00. The van der Waals surface area contributed by atoms with Gasteiger partial charge in [-0.05, 0) is 56.2 Å². The number of carbonyl (C=O) groups excluding carboxylic acids is 2. The summed E-state index contributed by atoms with van der Waals surface area (Å²) in [6, 6.07) is 14.0. The fourth-order valence-electron chi connectivity index (χ4n) is 4.00. The quantitative estimate of drug-likeness (QED) is 0.562. The largest absolute Gasteiger partial charge is 0.494 e. The number of likely N-dealkylation sites (tertiary alicyclic amines) is 1. The number of rotatable bonds is 10. The second-order valence-corrected chi connectivity index (χ2v) is 8.67. The zero-order valence-corrected chi connectivity index (χ0v) is 20.6. The summed E-state index contributed by atoms with van der Waals surface area (Å²) in [6.45, 7) is 10.1. The van der Waals surface area contributed by atoms with E-state index < -0.39 is 6.04 Å². The molecule has 2 aromatic rings. The highest BCUT2D eigenvalue weighted by molar-refractivity contribution is 5.97. The number of nitrogens with one attached hydrogen (secondary N) is 1. The van der Waals surface area contributed by atoms with E-state index in [0.717, 1.165) is 24.3 Å². The minimum Gasteiger partial charge on any atom is -0.494 e. The second-order valence-electron chi connectivity index (χ2n) is 8.67. The molecule has 1 aliphatic rings. The predicted octanol–water partition coefficient (Wildman–Crippen LogP) is 4.31. The van der Waals surface area contributed by atoms with Crippen molar-refractivity contribution in [1.29, 1.82) is 0 Å². The smallest absolute Gasteiger partial charge is 0.251 e. The van der Waals surface area contributed by atoms with Crippen molar-refractivity contribution in [3.8, 4) is 17.2 Å². The van der Waals surface area contributed by atoms with E-state index in [1.807, 2.05) is 56.9 Å². The van der Waals surface area contributed by atoms with Gasteiger partial charge in [-0.25, -0.2) is 0 Å². The van der Waals surface area contributed by atoms with Crippen LogP contribution >= 0.6 is 0 Å². The molecule has 7 nitrogen and oxygen atoms in total. The van der Waals surface area contributed by atoms with E-state index in [2.05, 4.69) is 5.32 Å². The molecule has 1 fully saturated rings. The first-order valence-electron chi connectivity index (χ1n) is 12.1. The van der Waals surface area contributed by atoms with Crippen molar-refractivity contribution in [3.05, 3.63) is 54.1 Å². The summed E-state index contributed by atoms with van der Waals surface area (Å²) in [5.41, 5.74) is 0.502. The number of hydrogen-bond acceptors (Lipinski definition) is 5. The maximum Gasteiger partial charge on any atom is 0.251 e. The summed E-state index contributed by atoms with van der Waals surface area (Å²) >= 11 is 0. The van der Waals surface area contributed by atoms with Gasteiger partial charge in [0.2, 0.25) is 5.91 Å². The Balaban J connectivity index is 1.57. The molecule has 2 aromatic carbocycles. The Morgan fingerprint density at radius 2 is 1.56 bits per heavy atom. The summed E-state index contributed by atoms with van der Waals surface area (Å²) in [7, 11) is 0. The van der Waals surface area contributed by atoms with Crippen molar-refractivity contribution >= 4 is 11.8 Å². The predicted molar refractivity (Wildman–Crippen MR) is 132 cm³/mol. The van der Waals surface area contributed by atoms with Crippen LogP contribution in [-0.2, 0) is 4.79 Å². The lowest BCUT2D eigenvalue weighted by Gasteiger charge is -2.35. The van der Waals surface area contributed by atoms with Gasteiger partial charge in [0.1, 0.15) is 17.9 Å². The third-order valence-electron chi connectivity index (χ3n) is 5.84. The highest BCUT2D eigenvalue weighted by Gasteiger charge is 2.32. The van der Waals surface area contributed by atoms with Crippen LogP contribution in [0.1, 0.15) is 50.9 Å². The van der Waals surface area contributed by atoms with Crippen molar-refractivity contribution in [2.24, 2.45) is 5.92 Å². The number of para-hydroxylation sites is 2. The van der Waals surface area contributed by atoms with E-state index >= 15 is 0 Å². The molecule has 0 bridgehead atoms. The molecule has 0 saturated carbocycles. The van der Waals surface area contributed by atoms with Crippen molar-refractivity contribution in [2.45, 2.75) is 52.7 Å². The molecule has 1 aliphatic heterocycles. The van der Waals surface area contributed by atoms with E-state index in [1.165, 1.54) is 0 Å². The summed E-state index contributed by atoms with van der Waals surface area (Å²) in [5.74, 6) is 1.83. The molecule has 0 radical (unpaired) electrons. The molecular formula is C27H36N2O5. The van der Waals surface area contributed by atoms with Crippen LogP contribution in [0.3, 0.4) is 0 Å². The standard InChI is InChI=1S/C27H36N2O5/c1-5-32-21-13-11-20(12-14-21)26(30)28-25(19(3)4)27(31)29-17-15-22(16-18-29)34-24-10-8-7-9-23(24)33-6-2/h7-14,19,22,25H,5-6,15-18H2,1-4H3,(H,28,30). The topological polar surface area (TPSA) is 77.1 Å². The van der Waals surface area contributed by atoms with Gasteiger partial charge in [0, 0.05) is 31.5 Å². The Hall–Kier alpha value is -3.22. The van der Waals surface area contributed by atoms with Crippen LogP contribution in [0.5, 0.6) is 17.2 Å². The molecule has 1 unspecified atom stereocenters. The lowest BCUT2D eigenvalue weighted by molar-refractivity contribution is -0.136. The molecule has 34 heavy (non-hydrogen) atoms. The maximum absolute atomic E-state index is 13.3. The Morgan fingerprint density at radius 3 is 2.15 bits per heavy atom. The minimum atomic E-state index is -0.588. The van der Waals surface area contributed by atoms with Gasteiger partial charge in [0.15, 0.2) is 11.5 Å². The second kappa shape index (κ2) is 12.3. The molecule has 1 saturated heterocycles. The van der Waals surface area contributed by atoms with Gasteiger partial charge in [-0.1, -0.05) is 26.0 Å². The van der Waals surface area contributed by atoms with E-state index in [0.29, 0.717) is 37.6 Å². The first kappa shape index (κ1) is 25.4. The SMILES string of the molecule is CCOc1ccc(C(=O)NC(C(=O)N2CCC(Oc3ccccc3OCC)CC2)C(C)C)cc1. The third-order valence-corrected chi connectivity index (χ3v) is 5.84. The summed E-state index contributed by atoms with van der Waals surface area (Å²) in [6.07, 6.45) is 1.47. The number of benzene rings is 2. The van der Waals surface area contributed by atoms with Crippen LogP contribution in [-0.4, -0.2) is 55.2 Å². The molecule has 7 heteroatoms. The van der Waals surface area contributed by atoms with Crippen LogP contribution in [0.2, 0.25) is 0 Å². The molecule has 1 atom stereocenters. The molecule has 1 N–H and O–H groups in total. The maximum atomic E-state index is 13.3. The fraction of sp³-hybridized carbons (Fsp3) is 0.481. The molecule has 0 aromatic heterocycles. The first-order chi connectivity index (χ1) is 16.4. The van der Waals surface area contributed by atoms with Gasteiger partial charge in [-0.2, -0.15) is 0 Å². The lowest BCUT2D eigenvalue weighted by Crippen LogP contribution is -2.53. The Bertz CT molecular complexity index is 936. The molecular weight excluding hydrogens is 432 g/mol. The van der Waals surface area contributed by atoms with Gasteiger partial charge < -0.3 is 24.4 Å². The van der Waals surface area contributed by atoms with Gasteiger partial charge in [0.05, 0.1) is 13.2 Å². The van der Waals surface area contributed by atoms with Crippen molar-refractivity contribution in [2.75, 3.05) is 26.3 Å². The Kier molecular flexibility index (Phi) is 9.19. The average molecular weight is 469 g/mol. The normalized spacial score (nSPS) is 15.0. The number of carbonyl (C=O) groups is 2. The third kappa shape index (κ3) is 6.65. The number of ether oxygens (including phenoxy) is 3. The van der Waals surface area contributed by atoms with Gasteiger partial charge in [-0.3, -0.25) is 9.59 Å². The van der Waals surface area contributed by atoms with Crippen LogP contribution in [0, 0.1) is 5.92 Å². The Labute approximate surface area is 202 Å². The Morgan fingerprint density at radius 1 is 0.941 bits per heavy atom. The van der Waals surface area contributed by atoms with E-state index in [1.54, 1.807) is 24.3 Å². The van der Waals surface area contributed by atoms with Crippen molar-refractivity contribution < 1.29 is 23.8 Å². The zero-order chi connectivity index (χ0) is 24.5. The van der Waals surface area contributed by atoms with Crippen molar-refractivity contribution in [1.82, 2.24) is 10.2 Å². The lowest BCUT2D eigenvalue weighted by atomic mass is 9.99. The number of amides is 2. The first-order valence-corrected chi connectivity index (χ1v) is 12.1. The molecule has 3 rings (SSSR count). The highest BCUT2D eigenvalue weighted by Crippen LogP contribution is 2.29. The number of nitrogens with zero attached hydrogens (tertiary/aromatic N) is 1. The monoisotopic (exact) mass is 468 g/mol. The van der Waals surface area contributed by atoms with Crippen LogP contribution in [0.25, 0.3) is 0 Å². The molecule has 0 aliphatic carbocycles. The average Bonchev–Trinajstić information content (AvgIpc) is 2.84. The number of piperidine rings is 1. The van der Waals surface area contributed by atoms with Crippen molar-refractivity contribution in [3.63, 3.8) is 0 Å². The van der Waals surface area contributed by atoms with Gasteiger partial charge in [0.25, 0.3) is 5.91 Å². The van der Waals surface area contributed by atoms with E-state index in [9.17, 15) is 9.59 Å². The van der Waals surface area contributed by atoms with Gasteiger partial charge in [-0.15, -0.1) is 0 Å². The highest BCUT2D eigenvalue weighted by atomic mass is 16.5. The van der Waals surface area contributed by atoms with Crippen LogP contribution in [0.4, 0.5) is 0 Å². The summed E-state index contributed by atoms with van der Waals surface area (Å²) in [4.78, 5) is 27.9. The number of hydrogen-bond donors (Lipinski definition) is 1. The van der Waals surface area contributed by atoms with E-state index in [4.69, 9.17) is 14.2 Å². The molecule has 0 spiro atoms. The molecule has 1 heterocycles. The zero-order valence-electron chi connectivity index (χ0n) is 20.6. The van der Waals surface area contributed by atoms with Crippen LogP contribution < -0.4 is 19.5 Å². The molecule has 2 amide bonds. The van der Waals surface area contributed by atoms with Crippen LogP contribution in [0.15, 0.2) is 48.5 Å². The summed E-state index contributed by atoms with van der Waals surface area (Å²) in [5, 5.41) is 2.94. The minimum absolute atomic E-state index is 0.0154. The summed E-state index contributed by atoms with van der Waals surface area (Å²) < 4.78 is 17.3. The van der Waals surface area contributed by atoms with E-state index in [-0.39, 0.29) is 23.8 Å².